The van der Waals surface area contributed by atoms with Crippen molar-refractivity contribution < 1.29 is 27.1 Å². The Morgan fingerprint density at radius 1 is 1.04 bits per heavy atom. The van der Waals surface area contributed by atoms with Crippen LogP contribution in [-0.4, -0.2) is 61.8 Å². The Hall–Kier alpha value is -1.03. The number of methoxy groups -OCH3 is 1. The molecule has 9 atom stereocenters. The van der Waals surface area contributed by atoms with Crippen LogP contribution in [0.25, 0.3) is 0 Å². The highest BCUT2D eigenvalue weighted by Gasteiger charge is 2.63. The van der Waals surface area contributed by atoms with E-state index >= 15 is 0 Å². The zero-order chi connectivity index (χ0) is 33.5. The lowest BCUT2D eigenvalue weighted by atomic mass is 9.46. The molecular formula is C38H62O6SSi. The highest BCUT2D eigenvalue weighted by molar-refractivity contribution is 7.91. The molecule has 0 amide bonds. The first-order chi connectivity index (χ1) is 21.5. The van der Waals surface area contributed by atoms with Crippen LogP contribution < -0.4 is 0 Å². The summed E-state index contributed by atoms with van der Waals surface area (Å²) in [6.07, 6.45) is 10.5. The summed E-state index contributed by atoms with van der Waals surface area (Å²) in [5.74, 6) is 2.12. The molecule has 0 N–H and O–H groups in total. The molecule has 4 aliphatic carbocycles. The summed E-state index contributed by atoms with van der Waals surface area (Å²) in [5, 5.41) is 0.200. The first-order valence-corrected chi connectivity index (χ1v) is 22.4. The molecule has 1 aromatic carbocycles. The van der Waals surface area contributed by atoms with Gasteiger partial charge < -0.3 is 18.6 Å². The average molecular weight is 675 g/mol. The second-order valence-corrected chi connectivity index (χ2v) is 23.9. The van der Waals surface area contributed by atoms with Gasteiger partial charge in [0.05, 0.1) is 30.0 Å². The fourth-order valence-corrected chi connectivity index (χ4v) is 13.1. The summed E-state index contributed by atoms with van der Waals surface area (Å²) in [4.78, 5) is 0.436. The summed E-state index contributed by atoms with van der Waals surface area (Å²) in [6, 6.07) is 8.99. The number of hydrogen-bond donors (Lipinski definition) is 0. The minimum Gasteiger partial charge on any atom is -0.414 e. The van der Waals surface area contributed by atoms with Crippen molar-refractivity contribution in [3.05, 3.63) is 42.0 Å². The molecule has 0 bridgehead atoms. The van der Waals surface area contributed by atoms with Gasteiger partial charge in [-0.05, 0) is 116 Å². The average Bonchev–Trinajstić information content (AvgIpc) is 3.33. The normalized spacial score (nSPS) is 35.5. The van der Waals surface area contributed by atoms with E-state index in [1.807, 2.05) is 18.2 Å². The molecule has 0 spiro atoms. The van der Waals surface area contributed by atoms with Crippen molar-refractivity contribution in [2.24, 2.45) is 40.4 Å². The van der Waals surface area contributed by atoms with Gasteiger partial charge in [-0.1, -0.05) is 71.4 Å². The Labute approximate surface area is 281 Å². The molecular weight excluding hydrogens is 613 g/mol. The summed E-state index contributed by atoms with van der Waals surface area (Å²) in [5.41, 5.74) is 1.68. The molecule has 0 radical (unpaired) electrons. The molecule has 1 aromatic rings. The Morgan fingerprint density at radius 3 is 2.43 bits per heavy atom. The zero-order valence-corrected chi connectivity index (χ0v) is 32.0. The molecule has 4 aliphatic rings. The van der Waals surface area contributed by atoms with Gasteiger partial charge in [0.25, 0.3) is 0 Å². The molecule has 0 heterocycles. The van der Waals surface area contributed by atoms with Gasteiger partial charge in [-0.3, -0.25) is 0 Å². The third kappa shape index (κ3) is 7.00. The molecule has 260 valence electrons. The molecule has 0 aromatic heterocycles. The Kier molecular flexibility index (Phi) is 10.8. The van der Waals surface area contributed by atoms with Gasteiger partial charge in [-0.25, -0.2) is 8.42 Å². The summed E-state index contributed by atoms with van der Waals surface area (Å²) in [6.45, 7) is 20.3. The lowest BCUT2D eigenvalue weighted by Gasteiger charge is -2.61. The highest BCUT2D eigenvalue weighted by atomic mass is 32.2. The number of rotatable bonds is 12. The van der Waals surface area contributed by atoms with Crippen molar-refractivity contribution in [2.45, 2.75) is 122 Å². The van der Waals surface area contributed by atoms with Gasteiger partial charge in [-0.2, -0.15) is 0 Å². The molecule has 0 saturated heterocycles. The third-order valence-corrected chi connectivity index (χ3v) is 19.9. The Morgan fingerprint density at radius 2 is 1.76 bits per heavy atom. The van der Waals surface area contributed by atoms with Crippen LogP contribution in [0.2, 0.25) is 18.1 Å². The number of hydrogen-bond acceptors (Lipinski definition) is 6. The molecule has 5 rings (SSSR count). The number of benzene rings is 1. The topological polar surface area (TPSA) is 71.1 Å². The standard InChI is InChI=1S/C38H62O6SSi/c1-27(25-45(39,40)30-13-11-10-12-14-30)32-17-18-33-31-16-15-28-23-29(44-46(8,9)36(2,3)4)19-20-37(28,5)35(31)34(24-38(32,33)6)43-26-42-22-21-41-7/h10-15,27,29,31-35H,16-26H2,1-9H3/t27-,29+,31+,32-,33+,34-,35-,37+,38-/m1/s1. The monoisotopic (exact) mass is 674 g/mol. The quantitative estimate of drug-likeness (QED) is 0.0957. The first-order valence-electron chi connectivity index (χ1n) is 17.9. The number of sulfone groups is 1. The van der Waals surface area contributed by atoms with Crippen molar-refractivity contribution in [1.82, 2.24) is 0 Å². The van der Waals surface area contributed by atoms with Crippen LogP contribution in [0.3, 0.4) is 0 Å². The molecule has 0 aliphatic heterocycles. The van der Waals surface area contributed by atoms with E-state index in [9.17, 15) is 8.42 Å². The van der Waals surface area contributed by atoms with Gasteiger partial charge in [0.2, 0.25) is 0 Å². The molecule has 3 fully saturated rings. The largest absolute Gasteiger partial charge is 0.414 e. The van der Waals surface area contributed by atoms with Crippen molar-refractivity contribution in [2.75, 3.05) is 32.9 Å². The zero-order valence-electron chi connectivity index (χ0n) is 30.1. The SMILES string of the molecule is COCCOCO[C@@H]1C[C@]2(C)[C@@H]([C@H](C)CS(=O)(=O)c3ccccc3)CC[C@H]2[C@@H]2CC=C3C[C@@H](O[Si](C)(C)C(C)(C)C)CC[C@]3(C)[C@H]21. The fourth-order valence-electron chi connectivity index (χ4n) is 10.1. The van der Waals surface area contributed by atoms with Crippen LogP contribution in [-0.2, 0) is 28.5 Å². The van der Waals surface area contributed by atoms with E-state index in [2.05, 4.69) is 60.7 Å². The maximum atomic E-state index is 13.5. The first kappa shape index (κ1) is 36.3. The van der Waals surface area contributed by atoms with E-state index in [1.165, 1.54) is 6.42 Å². The number of fused-ring (bicyclic) bond motifs is 5. The van der Waals surface area contributed by atoms with Crippen LogP contribution in [0.15, 0.2) is 46.9 Å². The van der Waals surface area contributed by atoms with E-state index in [-0.39, 0.29) is 40.4 Å². The van der Waals surface area contributed by atoms with Crippen molar-refractivity contribution in [3.63, 3.8) is 0 Å². The van der Waals surface area contributed by atoms with E-state index in [0.29, 0.717) is 47.9 Å². The number of allylic oxidation sites excluding steroid dienone is 1. The molecule has 46 heavy (non-hydrogen) atoms. The molecule has 3 saturated carbocycles. The smallest absolute Gasteiger partial charge is 0.192 e. The predicted molar refractivity (Wildman–Crippen MR) is 188 cm³/mol. The van der Waals surface area contributed by atoms with Crippen LogP contribution in [0.5, 0.6) is 0 Å². The Bertz CT molecular complexity index is 1320. The van der Waals surface area contributed by atoms with E-state index < -0.39 is 18.2 Å². The molecule has 6 nitrogen and oxygen atoms in total. The maximum absolute atomic E-state index is 13.5. The van der Waals surface area contributed by atoms with E-state index in [0.717, 1.165) is 38.5 Å². The van der Waals surface area contributed by atoms with Crippen LogP contribution in [0.1, 0.15) is 86.5 Å². The summed E-state index contributed by atoms with van der Waals surface area (Å²) in [7, 11) is -3.52. The van der Waals surface area contributed by atoms with Gasteiger partial charge >= 0.3 is 0 Å². The van der Waals surface area contributed by atoms with Crippen molar-refractivity contribution in [3.8, 4) is 0 Å². The van der Waals surface area contributed by atoms with Crippen LogP contribution >= 0.6 is 0 Å². The van der Waals surface area contributed by atoms with Gasteiger partial charge in [0, 0.05) is 13.2 Å². The lowest BCUT2D eigenvalue weighted by molar-refractivity contribution is -0.189. The summed E-state index contributed by atoms with van der Waals surface area (Å²) >= 11 is 0. The predicted octanol–water partition coefficient (Wildman–Crippen LogP) is 8.68. The second kappa shape index (κ2) is 13.7. The third-order valence-electron chi connectivity index (χ3n) is 13.4. The maximum Gasteiger partial charge on any atom is 0.192 e. The second-order valence-electron chi connectivity index (χ2n) is 17.1. The van der Waals surface area contributed by atoms with Gasteiger partial charge in [0.1, 0.15) is 6.79 Å². The van der Waals surface area contributed by atoms with E-state index in [1.54, 1.807) is 24.8 Å². The lowest BCUT2D eigenvalue weighted by Crippen LogP contribution is -2.58. The van der Waals surface area contributed by atoms with Crippen molar-refractivity contribution in [1.29, 1.82) is 0 Å². The van der Waals surface area contributed by atoms with Crippen molar-refractivity contribution >= 4 is 18.2 Å². The van der Waals surface area contributed by atoms with Gasteiger partial charge in [-0.15, -0.1) is 0 Å². The highest BCUT2D eigenvalue weighted by Crippen LogP contribution is 2.68. The van der Waals surface area contributed by atoms with Crippen LogP contribution in [0.4, 0.5) is 0 Å². The minimum absolute atomic E-state index is 0.0222. The molecule has 8 heteroatoms. The fraction of sp³-hybridized carbons (Fsp3) is 0.789. The Balaban J connectivity index is 1.40. The summed E-state index contributed by atoms with van der Waals surface area (Å²) < 4.78 is 51.9. The number of ether oxygens (including phenoxy) is 3. The molecule has 0 unspecified atom stereocenters. The van der Waals surface area contributed by atoms with E-state index in [4.69, 9.17) is 18.6 Å². The van der Waals surface area contributed by atoms with Gasteiger partial charge in [0.15, 0.2) is 18.2 Å². The minimum atomic E-state index is -3.36. The van der Waals surface area contributed by atoms with Crippen LogP contribution in [0, 0.1) is 40.4 Å².